The molecule has 170 valence electrons. The number of para-hydroxylation sites is 1. The highest BCUT2D eigenvalue weighted by atomic mass is 32.2. The minimum absolute atomic E-state index is 0.0397. The largest absolute Gasteiger partial charge is 0.460 e. The number of thioether (sulfide) groups is 1. The number of carbonyl (C=O) groups is 1. The second-order valence-electron chi connectivity index (χ2n) is 8.08. The smallest absolute Gasteiger partial charge is 0.316 e. The number of hydrogen-bond acceptors (Lipinski definition) is 5. The SMILES string of the molecule is Cc1cccc(-n2c(SCC(=O)OCc3ccccc3)nc3c([nH]c4ccccc43)c2=O)c1C. The van der Waals surface area contributed by atoms with Crippen LogP contribution in [0.4, 0.5) is 0 Å². The summed E-state index contributed by atoms with van der Waals surface area (Å²) < 4.78 is 7.02. The fourth-order valence-corrected chi connectivity index (χ4v) is 4.73. The maximum atomic E-state index is 13.7. The van der Waals surface area contributed by atoms with Crippen LogP contribution in [0.15, 0.2) is 82.7 Å². The molecule has 0 aliphatic carbocycles. The number of aryl methyl sites for hydroxylation is 1. The summed E-state index contributed by atoms with van der Waals surface area (Å²) in [7, 11) is 0. The summed E-state index contributed by atoms with van der Waals surface area (Å²) in [6.45, 7) is 4.19. The highest BCUT2D eigenvalue weighted by Crippen LogP contribution is 2.28. The van der Waals surface area contributed by atoms with Crippen molar-refractivity contribution in [1.29, 1.82) is 0 Å². The molecule has 0 saturated heterocycles. The Morgan fingerprint density at radius 2 is 1.76 bits per heavy atom. The Morgan fingerprint density at radius 1 is 1.00 bits per heavy atom. The molecule has 1 N–H and O–H groups in total. The van der Waals surface area contributed by atoms with E-state index in [4.69, 9.17) is 9.72 Å². The van der Waals surface area contributed by atoms with Crippen LogP contribution in [-0.4, -0.2) is 26.3 Å². The molecule has 7 heteroatoms. The average molecular weight is 470 g/mol. The Balaban J connectivity index is 1.55. The van der Waals surface area contributed by atoms with Crippen molar-refractivity contribution < 1.29 is 9.53 Å². The van der Waals surface area contributed by atoms with Gasteiger partial charge in [-0.2, -0.15) is 0 Å². The second kappa shape index (κ2) is 9.19. The van der Waals surface area contributed by atoms with E-state index in [-0.39, 0.29) is 23.9 Å². The van der Waals surface area contributed by atoms with Crippen molar-refractivity contribution in [2.24, 2.45) is 0 Å². The van der Waals surface area contributed by atoms with E-state index in [0.717, 1.165) is 33.3 Å². The Hall–Kier alpha value is -3.84. The molecule has 0 bridgehead atoms. The van der Waals surface area contributed by atoms with Gasteiger partial charge in [0.1, 0.15) is 17.6 Å². The van der Waals surface area contributed by atoms with Crippen LogP contribution in [0.3, 0.4) is 0 Å². The Morgan fingerprint density at radius 3 is 2.59 bits per heavy atom. The molecule has 6 nitrogen and oxygen atoms in total. The molecular formula is C27H23N3O3S. The Kier molecular flexibility index (Phi) is 5.94. The highest BCUT2D eigenvalue weighted by Gasteiger charge is 2.19. The first-order valence-corrected chi connectivity index (χ1v) is 11.9. The third kappa shape index (κ3) is 4.10. The molecule has 0 saturated carbocycles. The molecule has 0 radical (unpaired) electrons. The van der Waals surface area contributed by atoms with Gasteiger partial charge in [-0.25, -0.2) is 4.98 Å². The number of nitrogens with one attached hydrogen (secondary N) is 1. The monoisotopic (exact) mass is 469 g/mol. The molecular weight excluding hydrogens is 446 g/mol. The first-order valence-electron chi connectivity index (χ1n) is 11.0. The molecule has 5 rings (SSSR count). The average Bonchev–Trinajstić information content (AvgIpc) is 3.23. The summed E-state index contributed by atoms with van der Waals surface area (Å²) in [5.74, 6) is -0.326. The third-order valence-corrected chi connectivity index (χ3v) is 6.79. The fourth-order valence-electron chi connectivity index (χ4n) is 3.93. The van der Waals surface area contributed by atoms with Gasteiger partial charge in [0, 0.05) is 10.9 Å². The molecule has 2 aromatic heterocycles. The molecule has 3 aromatic carbocycles. The number of aromatic amines is 1. The number of ether oxygens (including phenoxy) is 1. The van der Waals surface area contributed by atoms with Crippen molar-refractivity contribution in [1.82, 2.24) is 14.5 Å². The van der Waals surface area contributed by atoms with Gasteiger partial charge in [-0.1, -0.05) is 72.4 Å². The number of esters is 1. The predicted octanol–water partition coefficient (Wildman–Crippen LogP) is 5.32. The van der Waals surface area contributed by atoms with E-state index in [2.05, 4.69) is 4.98 Å². The van der Waals surface area contributed by atoms with Crippen molar-refractivity contribution >= 4 is 39.7 Å². The molecule has 0 unspecified atom stereocenters. The summed E-state index contributed by atoms with van der Waals surface area (Å²) in [5.41, 5.74) is 5.41. The first kappa shape index (κ1) is 22.0. The van der Waals surface area contributed by atoms with Gasteiger partial charge in [-0.05, 0) is 42.7 Å². The predicted molar refractivity (Wildman–Crippen MR) is 136 cm³/mol. The quantitative estimate of drug-likeness (QED) is 0.207. The van der Waals surface area contributed by atoms with E-state index in [1.807, 2.05) is 86.6 Å². The van der Waals surface area contributed by atoms with Crippen molar-refractivity contribution in [2.45, 2.75) is 25.6 Å². The zero-order valence-electron chi connectivity index (χ0n) is 18.9. The lowest BCUT2D eigenvalue weighted by molar-refractivity contribution is -0.141. The van der Waals surface area contributed by atoms with Crippen LogP contribution in [0.2, 0.25) is 0 Å². The summed E-state index contributed by atoms with van der Waals surface area (Å²) in [6.07, 6.45) is 0. The van der Waals surface area contributed by atoms with Crippen LogP contribution in [-0.2, 0) is 16.1 Å². The maximum Gasteiger partial charge on any atom is 0.316 e. The molecule has 5 aromatic rings. The van der Waals surface area contributed by atoms with Gasteiger partial charge < -0.3 is 9.72 Å². The lowest BCUT2D eigenvalue weighted by Crippen LogP contribution is -2.23. The number of carbonyl (C=O) groups excluding carboxylic acids is 1. The van der Waals surface area contributed by atoms with Gasteiger partial charge >= 0.3 is 5.97 Å². The van der Waals surface area contributed by atoms with Crippen LogP contribution >= 0.6 is 11.8 Å². The summed E-state index contributed by atoms with van der Waals surface area (Å²) in [4.78, 5) is 34.3. The minimum Gasteiger partial charge on any atom is -0.460 e. The maximum absolute atomic E-state index is 13.7. The van der Waals surface area contributed by atoms with Crippen LogP contribution in [0.25, 0.3) is 27.6 Å². The summed E-state index contributed by atoms with van der Waals surface area (Å²) in [5, 5.41) is 1.32. The van der Waals surface area contributed by atoms with Crippen LogP contribution < -0.4 is 5.56 Å². The molecule has 0 amide bonds. The topological polar surface area (TPSA) is 77.0 Å². The lowest BCUT2D eigenvalue weighted by atomic mass is 10.1. The van der Waals surface area contributed by atoms with E-state index < -0.39 is 0 Å². The van der Waals surface area contributed by atoms with E-state index in [9.17, 15) is 9.59 Å². The van der Waals surface area contributed by atoms with Gasteiger partial charge in [0.2, 0.25) is 0 Å². The minimum atomic E-state index is -0.366. The van der Waals surface area contributed by atoms with E-state index in [1.54, 1.807) is 4.57 Å². The van der Waals surface area contributed by atoms with Crippen molar-refractivity contribution in [2.75, 3.05) is 5.75 Å². The Bertz CT molecular complexity index is 1570. The highest BCUT2D eigenvalue weighted by molar-refractivity contribution is 7.99. The number of nitrogens with zero attached hydrogens (tertiary/aromatic N) is 2. The molecule has 0 aliphatic heterocycles. The normalized spacial score (nSPS) is 11.2. The zero-order chi connectivity index (χ0) is 23.7. The molecule has 2 heterocycles. The van der Waals surface area contributed by atoms with Crippen molar-refractivity contribution in [3.05, 3.63) is 99.8 Å². The van der Waals surface area contributed by atoms with Crippen LogP contribution in [0.5, 0.6) is 0 Å². The Labute approximate surface area is 200 Å². The number of aromatic nitrogens is 3. The molecule has 0 aliphatic rings. The molecule has 0 atom stereocenters. The van der Waals surface area contributed by atoms with Crippen molar-refractivity contribution in [3.8, 4) is 5.69 Å². The summed E-state index contributed by atoms with van der Waals surface area (Å²) >= 11 is 1.20. The summed E-state index contributed by atoms with van der Waals surface area (Å²) in [6, 6.07) is 23.1. The second-order valence-corrected chi connectivity index (χ2v) is 9.03. The van der Waals surface area contributed by atoms with Crippen molar-refractivity contribution in [3.63, 3.8) is 0 Å². The third-order valence-electron chi connectivity index (χ3n) is 5.87. The van der Waals surface area contributed by atoms with Gasteiger partial charge in [0.15, 0.2) is 5.16 Å². The molecule has 0 fully saturated rings. The van der Waals surface area contributed by atoms with E-state index in [1.165, 1.54) is 11.8 Å². The number of H-pyrrole nitrogens is 1. The lowest BCUT2D eigenvalue weighted by Gasteiger charge is -2.15. The molecule has 34 heavy (non-hydrogen) atoms. The van der Waals surface area contributed by atoms with Crippen LogP contribution in [0, 0.1) is 13.8 Å². The number of benzene rings is 3. The fraction of sp³-hybridized carbons (Fsp3) is 0.148. The van der Waals surface area contributed by atoms with Gasteiger partial charge in [0.05, 0.1) is 11.4 Å². The van der Waals surface area contributed by atoms with E-state index >= 15 is 0 Å². The number of hydrogen-bond donors (Lipinski definition) is 1. The van der Waals surface area contributed by atoms with Crippen LogP contribution in [0.1, 0.15) is 16.7 Å². The first-order chi connectivity index (χ1) is 16.5. The zero-order valence-corrected chi connectivity index (χ0v) is 19.7. The van der Waals surface area contributed by atoms with E-state index in [0.29, 0.717) is 16.2 Å². The number of rotatable bonds is 6. The van der Waals surface area contributed by atoms with Gasteiger partial charge in [-0.3, -0.25) is 14.2 Å². The number of fused-ring (bicyclic) bond motifs is 3. The molecule has 0 spiro atoms. The van der Waals surface area contributed by atoms with Gasteiger partial charge in [0.25, 0.3) is 5.56 Å². The standard InChI is InChI=1S/C27H23N3O3S/c1-17-9-8-14-22(18(17)2)30-26(32)25-24(20-12-6-7-13-21(20)28-25)29-27(30)34-16-23(31)33-15-19-10-4-3-5-11-19/h3-14,28H,15-16H2,1-2H3. The van der Waals surface area contributed by atoms with Gasteiger partial charge in [-0.15, -0.1) is 0 Å².